The fourth-order valence-corrected chi connectivity index (χ4v) is 4.72. The zero-order chi connectivity index (χ0) is 20.4. The second kappa shape index (κ2) is 8.82. The Morgan fingerprint density at radius 1 is 1.28 bits per heavy atom. The van der Waals surface area contributed by atoms with Crippen LogP contribution in [0, 0.1) is 6.92 Å². The van der Waals surface area contributed by atoms with Crippen LogP contribution in [0.4, 0.5) is 0 Å². The van der Waals surface area contributed by atoms with Crippen LogP contribution in [0.5, 0.6) is 0 Å². The number of benzene rings is 1. The molecule has 2 aromatic rings. The van der Waals surface area contributed by atoms with Gasteiger partial charge in [0.2, 0.25) is 0 Å². The Bertz CT molecular complexity index is 867. The van der Waals surface area contributed by atoms with Gasteiger partial charge in [-0.1, -0.05) is 12.1 Å². The van der Waals surface area contributed by atoms with E-state index in [2.05, 4.69) is 10.2 Å². The van der Waals surface area contributed by atoms with Crippen LogP contribution in [-0.2, 0) is 12.8 Å². The molecule has 0 spiro atoms. The predicted molar refractivity (Wildman–Crippen MR) is 113 cm³/mol. The fourth-order valence-electron chi connectivity index (χ4n) is 4.72. The number of hydrogen-bond donors (Lipinski definition) is 2. The van der Waals surface area contributed by atoms with Gasteiger partial charge in [0.15, 0.2) is 5.78 Å². The molecule has 4 rings (SSSR count). The summed E-state index contributed by atoms with van der Waals surface area (Å²) in [6.45, 7) is 6.91. The first kappa shape index (κ1) is 20.3. The van der Waals surface area contributed by atoms with Gasteiger partial charge in [-0.25, -0.2) is 0 Å². The Morgan fingerprint density at radius 3 is 2.83 bits per heavy atom. The number of aliphatic hydroxyl groups is 1. The highest BCUT2D eigenvalue weighted by Gasteiger charge is 2.25. The van der Waals surface area contributed by atoms with Crippen LogP contribution in [0.2, 0.25) is 0 Å². The molecule has 1 aromatic heterocycles. The summed E-state index contributed by atoms with van der Waals surface area (Å²) in [4.78, 5) is 14.2. The van der Waals surface area contributed by atoms with Crippen molar-refractivity contribution in [2.45, 2.75) is 64.6 Å². The van der Waals surface area contributed by atoms with E-state index < -0.39 is 6.23 Å². The predicted octanol–water partition coefficient (Wildman–Crippen LogP) is 4.09. The summed E-state index contributed by atoms with van der Waals surface area (Å²) < 4.78 is 5.93. The van der Waals surface area contributed by atoms with E-state index in [9.17, 15) is 9.90 Å². The molecule has 1 fully saturated rings. The van der Waals surface area contributed by atoms with Gasteiger partial charge in [0.25, 0.3) is 0 Å². The molecule has 2 atom stereocenters. The van der Waals surface area contributed by atoms with E-state index in [1.807, 2.05) is 31.2 Å². The van der Waals surface area contributed by atoms with Gasteiger partial charge in [-0.2, -0.15) is 0 Å². The first-order valence-electron chi connectivity index (χ1n) is 10.9. The van der Waals surface area contributed by atoms with E-state index in [1.54, 1.807) is 6.92 Å². The minimum absolute atomic E-state index is 0.0807. The summed E-state index contributed by atoms with van der Waals surface area (Å²) in [5, 5.41) is 14.3. The van der Waals surface area contributed by atoms with Crippen LogP contribution in [0.25, 0.3) is 0 Å². The van der Waals surface area contributed by atoms with E-state index in [0.29, 0.717) is 0 Å². The van der Waals surface area contributed by atoms with Gasteiger partial charge >= 0.3 is 0 Å². The number of ketones is 1. The minimum Gasteiger partial charge on any atom is -0.466 e. The van der Waals surface area contributed by atoms with Gasteiger partial charge in [-0.05, 0) is 82.3 Å². The lowest BCUT2D eigenvalue weighted by atomic mass is 9.86. The van der Waals surface area contributed by atoms with Gasteiger partial charge < -0.3 is 14.4 Å². The molecule has 0 radical (unpaired) electrons. The molecule has 2 aliphatic rings. The summed E-state index contributed by atoms with van der Waals surface area (Å²) in [6, 6.07) is 8.03. The Kier molecular flexibility index (Phi) is 6.18. The first-order valence-corrected chi connectivity index (χ1v) is 10.9. The molecular weight excluding hydrogens is 364 g/mol. The number of rotatable bonds is 7. The van der Waals surface area contributed by atoms with Crippen molar-refractivity contribution < 1.29 is 14.3 Å². The van der Waals surface area contributed by atoms with Gasteiger partial charge in [-0.3, -0.25) is 10.1 Å². The number of nitrogens with one attached hydrogen (secondary N) is 1. The average molecular weight is 397 g/mol. The third-order valence-electron chi connectivity index (χ3n) is 6.40. The van der Waals surface area contributed by atoms with Crippen LogP contribution in [0.15, 0.2) is 28.7 Å². The van der Waals surface area contributed by atoms with Crippen molar-refractivity contribution in [3.05, 3.63) is 58.0 Å². The van der Waals surface area contributed by atoms with Crippen LogP contribution in [-0.4, -0.2) is 35.4 Å². The number of aliphatic hydroxyl groups excluding tert-OH is 1. The van der Waals surface area contributed by atoms with E-state index in [-0.39, 0.29) is 11.8 Å². The number of likely N-dealkylation sites (tertiary alicyclic amines) is 1. The van der Waals surface area contributed by atoms with Crippen molar-refractivity contribution >= 4 is 5.78 Å². The van der Waals surface area contributed by atoms with Crippen molar-refractivity contribution in [1.29, 1.82) is 0 Å². The zero-order valence-corrected chi connectivity index (χ0v) is 17.5. The van der Waals surface area contributed by atoms with E-state index >= 15 is 0 Å². The summed E-state index contributed by atoms with van der Waals surface area (Å²) in [7, 11) is 0. The lowest BCUT2D eigenvalue weighted by Gasteiger charge is -2.29. The largest absolute Gasteiger partial charge is 0.466 e. The molecule has 1 aromatic carbocycles. The number of hydrogen-bond acceptors (Lipinski definition) is 5. The van der Waals surface area contributed by atoms with Gasteiger partial charge in [0.1, 0.15) is 17.7 Å². The number of furan rings is 1. The van der Waals surface area contributed by atoms with Crippen LogP contribution in [0.1, 0.15) is 83.4 Å². The first-order chi connectivity index (χ1) is 14.0. The molecule has 0 amide bonds. The number of fused-ring (bicyclic) bond motifs is 1. The Hall–Kier alpha value is -1.95. The molecule has 1 aliphatic carbocycles. The van der Waals surface area contributed by atoms with Gasteiger partial charge in [0.05, 0.1) is 0 Å². The minimum atomic E-state index is -0.761. The third-order valence-corrected chi connectivity index (χ3v) is 6.40. The summed E-state index contributed by atoms with van der Waals surface area (Å²) in [5.41, 5.74) is 3.99. The third kappa shape index (κ3) is 4.63. The fraction of sp³-hybridized carbons (Fsp3) is 0.542. The molecule has 2 N–H and O–H groups in total. The number of nitrogens with zero attached hydrogens (tertiary/aromatic N) is 1. The molecule has 29 heavy (non-hydrogen) atoms. The molecule has 5 nitrogen and oxygen atoms in total. The summed E-state index contributed by atoms with van der Waals surface area (Å²) >= 11 is 0. The molecule has 0 bridgehead atoms. The maximum Gasteiger partial charge on any atom is 0.159 e. The van der Waals surface area contributed by atoms with E-state index in [4.69, 9.17) is 4.42 Å². The molecule has 1 aliphatic heterocycles. The van der Waals surface area contributed by atoms with Crippen molar-refractivity contribution in [3.63, 3.8) is 0 Å². The van der Waals surface area contributed by atoms with Crippen molar-refractivity contribution in [1.82, 2.24) is 10.2 Å². The second-order valence-electron chi connectivity index (χ2n) is 8.51. The topological polar surface area (TPSA) is 65.7 Å². The van der Waals surface area contributed by atoms with E-state index in [1.165, 1.54) is 37.1 Å². The Balaban J connectivity index is 1.43. The number of aryl methyl sites for hydroxylation is 2. The van der Waals surface area contributed by atoms with Gasteiger partial charge in [0, 0.05) is 30.1 Å². The lowest BCUT2D eigenvalue weighted by molar-refractivity contribution is 0.101. The molecule has 156 valence electrons. The molecule has 5 heteroatoms. The number of carbonyl (C=O) groups is 1. The highest BCUT2D eigenvalue weighted by molar-refractivity contribution is 5.94. The molecule has 0 saturated carbocycles. The maximum atomic E-state index is 11.7. The smallest absolute Gasteiger partial charge is 0.159 e. The van der Waals surface area contributed by atoms with Crippen molar-refractivity contribution in [2.75, 3.05) is 19.6 Å². The van der Waals surface area contributed by atoms with E-state index in [0.717, 1.165) is 54.9 Å². The van der Waals surface area contributed by atoms with Crippen LogP contribution >= 0.6 is 0 Å². The highest BCUT2D eigenvalue weighted by Crippen LogP contribution is 2.33. The summed E-state index contributed by atoms with van der Waals surface area (Å²) in [5.74, 6) is 1.82. The Morgan fingerprint density at radius 2 is 2.07 bits per heavy atom. The quantitative estimate of drug-likeness (QED) is 0.545. The Labute approximate surface area is 173 Å². The van der Waals surface area contributed by atoms with Gasteiger partial charge in [-0.15, -0.1) is 0 Å². The molecule has 1 saturated heterocycles. The zero-order valence-electron chi connectivity index (χ0n) is 17.5. The second-order valence-corrected chi connectivity index (χ2v) is 8.51. The maximum absolute atomic E-state index is 11.7. The highest BCUT2D eigenvalue weighted by atomic mass is 16.3. The normalized spacial score (nSPS) is 20.6. The average Bonchev–Trinajstić information content (AvgIpc) is 3.35. The SMILES string of the molecule is CC(=O)c1ccc2c(c1)CCCC2NC(O)c1cc(CCN2CCCC2)oc1C. The molecular formula is C24H32N2O3. The van der Waals surface area contributed by atoms with Crippen molar-refractivity contribution in [3.8, 4) is 0 Å². The number of carbonyl (C=O) groups excluding carboxylic acids is 1. The molecule has 2 unspecified atom stereocenters. The van der Waals surface area contributed by atoms with Crippen molar-refractivity contribution in [2.24, 2.45) is 0 Å². The molecule has 2 heterocycles. The number of Topliss-reactive ketones (excluding diaryl/α,β-unsaturated/α-hetero) is 1. The van der Waals surface area contributed by atoms with Crippen LogP contribution in [0.3, 0.4) is 0 Å². The standard InChI is InChI=1S/C24H32N2O3/c1-16(27)18-8-9-21-19(14-18)6-5-7-23(21)25-24(28)22-15-20(29-17(22)2)10-13-26-11-3-4-12-26/h8-9,14-15,23-25,28H,3-7,10-13H2,1-2H3. The summed E-state index contributed by atoms with van der Waals surface area (Å²) in [6.07, 6.45) is 5.71. The lowest BCUT2D eigenvalue weighted by Crippen LogP contribution is -2.29. The van der Waals surface area contributed by atoms with Crippen LogP contribution < -0.4 is 5.32 Å². The monoisotopic (exact) mass is 396 g/mol.